The molecule has 1 amide bonds. The molecule has 3 aromatic rings. The van der Waals surface area contributed by atoms with Crippen molar-refractivity contribution in [3.8, 4) is 11.5 Å². The average molecular weight is 340 g/mol. The smallest absolute Gasteiger partial charge is 0.322 e. The Bertz CT molecular complexity index is 816. The summed E-state index contributed by atoms with van der Waals surface area (Å²) < 4.78 is 5.45. The van der Waals surface area contributed by atoms with Gasteiger partial charge in [-0.25, -0.2) is 0 Å². The topological polar surface area (TPSA) is 80.9 Å². The molecule has 0 aliphatic carbocycles. The second-order valence-corrected chi connectivity index (χ2v) is 6.94. The number of hydrogen-bond donors (Lipinski definition) is 1. The van der Waals surface area contributed by atoms with Gasteiger partial charge >= 0.3 is 6.01 Å². The third-order valence-corrected chi connectivity index (χ3v) is 4.08. The van der Waals surface area contributed by atoms with Crippen molar-refractivity contribution in [2.45, 2.75) is 24.0 Å². The maximum atomic E-state index is 12.2. The highest BCUT2D eigenvalue weighted by atomic mass is 32.2. The molecule has 6 nitrogen and oxygen atoms in total. The van der Waals surface area contributed by atoms with Crippen LogP contribution in [0.15, 0.2) is 58.1 Å². The number of hydrogen-bond acceptors (Lipinski definition) is 6. The molecular weight excluding hydrogens is 324 g/mol. The van der Waals surface area contributed by atoms with E-state index in [9.17, 15) is 4.79 Å². The summed E-state index contributed by atoms with van der Waals surface area (Å²) in [7, 11) is 0. The summed E-state index contributed by atoms with van der Waals surface area (Å²) in [5.41, 5.74) is 1.28. The van der Waals surface area contributed by atoms with Crippen LogP contribution < -0.4 is 5.32 Å². The molecule has 0 fully saturated rings. The lowest BCUT2D eigenvalue weighted by atomic mass is 10.2. The minimum Gasteiger partial charge on any atom is -0.403 e. The lowest BCUT2D eigenvalue weighted by Gasteiger charge is -2.05. The molecular formula is C17H16N4O2S. The van der Waals surface area contributed by atoms with Crippen molar-refractivity contribution in [3.63, 3.8) is 0 Å². The van der Waals surface area contributed by atoms with Gasteiger partial charge in [0, 0.05) is 33.7 Å². The van der Waals surface area contributed by atoms with Crippen molar-refractivity contribution in [3.05, 3.63) is 54.4 Å². The van der Waals surface area contributed by atoms with Crippen LogP contribution >= 0.6 is 11.8 Å². The molecule has 24 heavy (non-hydrogen) atoms. The van der Waals surface area contributed by atoms with Gasteiger partial charge in [-0.2, -0.15) is 0 Å². The van der Waals surface area contributed by atoms with Gasteiger partial charge in [0.15, 0.2) is 0 Å². The first-order chi connectivity index (χ1) is 11.6. The Labute approximate surface area is 143 Å². The number of carbonyl (C=O) groups is 1. The molecule has 2 heterocycles. The van der Waals surface area contributed by atoms with Crippen molar-refractivity contribution < 1.29 is 9.21 Å². The van der Waals surface area contributed by atoms with E-state index in [4.69, 9.17) is 4.42 Å². The van der Waals surface area contributed by atoms with E-state index < -0.39 is 0 Å². The van der Waals surface area contributed by atoms with Gasteiger partial charge in [-0.1, -0.05) is 18.9 Å². The summed E-state index contributed by atoms with van der Waals surface area (Å²) in [4.78, 5) is 17.3. The number of nitrogens with one attached hydrogen (secondary N) is 1. The van der Waals surface area contributed by atoms with Gasteiger partial charge in [-0.3, -0.25) is 15.1 Å². The first kappa shape index (κ1) is 16.2. The van der Waals surface area contributed by atoms with Crippen LogP contribution in [0.2, 0.25) is 0 Å². The number of thioether (sulfide) groups is 1. The van der Waals surface area contributed by atoms with Crippen LogP contribution in [0.3, 0.4) is 0 Å². The lowest BCUT2D eigenvalue weighted by molar-refractivity contribution is 0.102. The first-order valence-corrected chi connectivity index (χ1v) is 8.32. The van der Waals surface area contributed by atoms with E-state index in [-0.39, 0.29) is 11.9 Å². The highest BCUT2D eigenvalue weighted by molar-refractivity contribution is 7.99. The van der Waals surface area contributed by atoms with E-state index in [1.165, 1.54) is 0 Å². The Balaban J connectivity index is 1.68. The summed E-state index contributed by atoms with van der Waals surface area (Å²) in [5.74, 6) is 0.0393. The van der Waals surface area contributed by atoms with Crippen LogP contribution in [-0.4, -0.2) is 26.3 Å². The third kappa shape index (κ3) is 3.99. The molecule has 0 saturated heterocycles. The van der Waals surface area contributed by atoms with E-state index >= 15 is 0 Å². The lowest BCUT2D eigenvalue weighted by Crippen LogP contribution is -2.11. The van der Waals surface area contributed by atoms with E-state index in [1.807, 2.05) is 12.1 Å². The molecule has 0 radical (unpaired) electrons. The SMILES string of the molecule is CC(C)Sc1ccc(C(=O)Nc2nnc(-c3ccncc3)o2)cc1. The third-order valence-electron chi connectivity index (χ3n) is 3.06. The van der Waals surface area contributed by atoms with Crippen molar-refractivity contribution >= 4 is 23.7 Å². The van der Waals surface area contributed by atoms with Crippen LogP contribution in [0.5, 0.6) is 0 Å². The van der Waals surface area contributed by atoms with Crippen LogP contribution in [-0.2, 0) is 0 Å². The molecule has 1 N–H and O–H groups in total. The second-order valence-electron chi connectivity index (χ2n) is 5.29. The molecule has 0 unspecified atom stereocenters. The minimum atomic E-state index is -0.291. The highest BCUT2D eigenvalue weighted by Gasteiger charge is 2.13. The van der Waals surface area contributed by atoms with Gasteiger partial charge in [0.05, 0.1) is 0 Å². The summed E-state index contributed by atoms with van der Waals surface area (Å²) in [5, 5.41) is 10.9. The van der Waals surface area contributed by atoms with E-state index in [1.54, 1.807) is 48.4 Å². The molecule has 3 rings (SSSR count). The fraction of sp³-hybridized carbons (Fsp3) is 0.176. The molecule has 0 aliphatic rings. The Morgan fingerprint density at radius 3 is 2.46 bits per heavy atom. The summed E-state index contributed by atoms with van der Waals surface area (Å²) in [6.45, 7) is 4.25. The highest BCUT2D eigenvalue weighted by Crippen LogP contribution is 2.23. The van der Waals surface area contributed by atoms with Crippen molar-refractivity contribution in [2.24, 2.45) is 0 Å². The summed E-state index contributed by atoms with van der Waals surface area (Å²) >= 11 is 1.75. The zero-order valence-electron chi connectivity index (χ0n) is 13.3. The number of rotatable bonds is 5. The average Bonchev–Trinajstić information content (AvgIpc) is 3.04. The maximum absolute atomic E-state index is 12.2. The number of pyridine rings is 1. The van der Waals surface area contributed by atoms with Crippen LogP contribution in [0.25, 0.3) is 11.5 Å². The Morgan fingerprint density at radius 2 is 1.79 bits per heavy atom. The molecule has 0 spiro atoms. The monoisotopic (exact) mass is 340 g/mol. The first-order valence-electron chi connectivity index (χ1n) is 7.44. The molecule has 7 heteroatoms. The Morgan fingerprint density at radius 1 is 1.08 bits per heavy atom. The number of benzene rings is 1. The predicted octanol–water partition coefficient (Wildman–Crippen LogP) is 3.88. The van der Waals surface area contributed by atoms with Gasteiger partial charge in [-0.05, 0) is 36.4 Å². The van der Waals surface area contributed by atoms with Gasteiger partial charge < -0.3 is 4.42 Å². The fourth-order valence-corrected chi connectivity index (χ4v) is 2.85. The largest absolute Gasteiger partial charge is 0.403 e. The number of anilines is 1. The zero-order chi connectivity index (χ0) is 16.9. The van der Waals surface area contributed by atoms with Crippen molar-refractivity contribution in [1.29, 1.82) is 0 Å². The number of carbonyl (C=O) groups excluding carboxylic acids is 1. The molecule has 122 valence electrons. The van der Waals surface area contributed by atoms with Crippen molar-refractivity contribution in [2.75, 3.05) is 5.32 Å². The standard InChI is InChI=1S/C17H16N4O2S/c1-11(2)24-14-5-3-12(4-6-14)15(22)19-17-21-20-16(23-17)13-7-9-18-10-8-13/h3-11H,1-2H3,(H,19,21,22). The van der Waals surface area contributed by atoms with Crippen LogP contribution in [0.4, 0.5) is 6.01 Å². The van der Waals surface area contributed by atoms with Gasteiger partial charge in [0.1, 0.15) is 0 Å². The molecule has 0 atom stereocenters. The summed E-state index contributed by atoms with van der Waals surface area (Å²) in [6, 6.07) is 11.0. The predicted molar refractivity (Wildman–Crippen MR) is 92.9 cm³/mol. The second kappa shape index (κ2) is 7.27. The molecule has 0 bridgehead atoms. The summed E-state index contributed by atoms with van der Waals surface area (Å²) in [6.07, 6.45) is 3.27. The van der Waals surface area contributed by atoms with Crippen molar-refractivity contribution in [1.82, 2.24) is 15.2 Å². The maximum Gasteiger partial charge on any atom is 0.322 e. The number of aromatic nitrogens is 3. The van der Waals surface area contributed by atoms with E-state index in [2.05, 4.69) is 34.3 Å². The molecule has 1 aromatic carbocycles. The van der Waals surface area contributed by atoms with E-state index in [0.29, 0.717) is 16.7 Å². The zero-order valence-corrected chi connectivity index (χ0v) is 14.1. The quantitative estimate of drug-likeness (QED) is 0.710. The number of amides is 1. The molecule has 2 aromatic heterocycles. The Kier molecular flexibility index (Phi) is 4.90. The van der Waals surface area contributed by atoms with Crippen LogP contribution in [0, 0.1) is 0 Å². The van der Waals surface area contributed by atoms with Gasteiger partial charge in [0.2, 0.25) is 5.89 Å². The van der Waals surface area contributed by atoms with Gasteiger partial charge in [-0.15, -0.1) is 16.9 Å². The fourth-order valence-electron chi connectivity index (χ4n) is 2.01. The minimum absolute atomic E-state index is 0.0624. The molecule has 0 saturated carbocycles. The number of nitrogens with zero attached hydrogens (tertiary/aromatic N) is 3. The Hall–Kier alpha value is -2.67. The normalized spacial score (nSPS) is 10.8. The van der Waals surface area contributed by atoms with Gasteiger partial charge in [0.25, 0.3) is 5.91 Å². The molecule has 0 aliphatic heterocycles. The van der Waals surface area contributed by atoms with Crippen LogP contribution in [0.1, 0.15) is 24.2 Å². The van der Waals surface area contributed by atoms with E-state index in [0.717, 1.165) is 10.5 Å².